The van der Waals surface area contributed by atoms with E-state index in [9.17, 15) is 23.2 Å². The van der Waals surface area contributed by atoms with E-state index in [0.29, 0.717) is 0 Å². The molecule has 1 aliphatic carbocycles. The van der Waals surface area contributed by atoms with Crippen molar-refractivity contribution >= 4 is 18.1 Å². The largest absolute Gasteiger partial charge is 0.514 e. The van der Waals surface area contributed by atoms with Gasteiger partial charge in [0.25, 0.3) is 0 Å². The third kappa shape index (κ3) is 5.14. The summed E-state index contributed by atoms with van der Waals surface area (Å²) in [5.41, 5.74) is -0.648. The van der Waals surface area contributed by atoms with Crippen LogP contribution in [0.25, 0.3) is 0 Å². The molecule has 0 amide bonds. The number of alkyl halides is 2. The van der Waals surface area contributed by atoms with Gasteiger partial charge in [-0.3, -0.25) is 0 Å². The molecule has 0 aliphatic heterocycles. The number of carboxylic acid groups (broad SMARTS) is 1. The molecule has 2 rings (SSSR count). The monoisotopic (exact) mass is 372 g/mol. The van der Waals surface area contributed by atoms with Crippen molar-refractivity contribution in [2.24, 2.45) is 0 Å². The molecule has 26 heavy (non-hydrogen) atoms. The Morgan fingerprint density at radius 2 is 1.73 bits per heavy atom. The van der Waals surface area contributed by atoms with Crippen LogP contribution in [0.5, 0.6) is 5.75 Å². The van der Waals surface area contributed by atoms with Crippen LogP contribution in [0.2, 0.25) is 0 Å². The molecule has 0 saturated heterocycles. The first-order valence-corrected chi connectivity index (χ1v) is 7.91. The summed E-state index contributed by atoms with van der Waals surface area (Å²) in [5.74, 6) is -7.58. The van der Waals surface area contributed by atoms with Crippen molar-refractivity contribution in [3.63, 3.8) is 0 Å². The smallest absolute Gasteiger partial charge is 0.477 e. The van der Waals surface area contributed by atoms with E-state index in [1.807, 2.05) is 6.92 Å². The predicted molar refractivity (Wildman–Crippen MR) is 83.3 cm³/mol. The third-order valence-electron chi connectivity index (χ3n) is 3.98. The molecule has 0 spiro atoms. The molecule has 0 bridgehead atoms. The van der Waals surface area contributed by atoms with Gasteiger partial charge >= 0.3 is 24.0 Å². The van der Waals surface area contributed by atoms with Crippen molar-refractivity contribution in [3.8, 4) is 5.75 Å². The molecule has 0 unspecified atom stereocenters. The van der Waals surface area contributed by atoms with E-state index >= 15 is 0 Å². The molecule has 1 N–H and O–H groups in total. The second-order valence-corrected chi connectivity index (χ2v) is 6.22. The minimum absolute atomic E-state index is 0.101. The van der Waals surface area contributed by atoms with Gasteiger partial charge in [-0.1, -0.05) is 0 Å². The number of carbonyl (C=O) groups is 3. The number of hydrogen-bond donors (Lipinski definition) is 1. The lowest BCUT2D eigenvalue weighted by molar-refractivity contribution is -0.170. The highest BCUT2D eigenvalue weighted by Crippen LogP contribution is 2.33. The Kier molecular flexibility index (Phi) is 5.79. The van der Waals surface area contributed by atoms with E-state index in [1.54, 1.807) is 0 Å². The molecule has 7 nitrogen and oxygen atoms in total. The van der Waals surface area contributed by atoms with Gasteiger partial charge in [0.2, 0.25) is 0 Å². The number of benzene rings is 1. The Morgan fingerprint density at radius 1 is 1.15 bits per heavy atom. The highest BCUT2D eigenvalue weighted by molar-refractivity contribution is 5.90. The van der Waals surface area contributed by atoms with Crippen LogP contribution in [0.1, 0.15) is 43.0 Å². The number of carbonyl (C=O) groups excluding carboxylic acids is 2. The molecule has 0 atom stereocenters. The number of halogens is 2. The number of rotatable bonds is 6. The fourth-order valence-corrected chi connectivity index (χ4v) is 2.50. The van der Waals surface area contributed by atoms with Gasteiger partial charge in [0.1, 0.15) is 11.4 Å². The Labute approximate surface area is 147 Å². The second kappa shape index (κ2) is 7.67. The van der Waals surface area contributed by atoms with Gasteiger partial charge in [0.15, 0.2) is 6.61 Å². The molecular formula is C17H18F2O7. The summed E-state index contributed by atoms with van der Waals surface area (Å²) in [6, 6.07) is 4.93. The topological polar surface area (TPSA) is 99.1 Å². The van der Waals surface area contributed by atoms with Gasteiger partial charge in [-0.15, -0.1) is 0 Å². The summed E-state index contributed by atoms with van der Waals surface area (Å²) in [7, 11) is 0. The maximum absolute atomic E-state index is 12.9. The lowest BCUT2D eigenvalue weighted by Crippen LogP contribution is -2.34. The molecule has 1 fully saturated rings. The van der Waals surface area contributed by atoms with Crippen LogP contribution in [0.4, 0.5) is 13.6 Å². The van der Waals surface area contributed by atoms with Gasteiger partial charge in [0, 0.05) is 0 Å². The van der Waals surface area contributed by atoms with Crippen LogP contribution < -0.4 is 4.74 Å². The normalized spacial score (nSPS) is 16.0. The molecule has 1 aliphatic rings. The zero-order valence-corrected chi connectivity index (χ0v) is 14.0. The van der Waals surface area contributed by atoms with Crippen LogP contribution in [0.15, 0.2) is 24.3 Å². The van der Waals surface area contributed by atoms with E-state index < -0.39 is 36.2 Å². The number of esters is 1. The first-order chi connectivity index (χ1) is 12.1. The number of aliphatic carboxylic acids is 1. The fraction of sp³-hybridized carbons (Fsp3) is 0.471. The minimum Gasteiger partial charge on any atom is -0.477 e. The average Bonchev–Trinajstić information content (AvgIpc) is 2.99. The summed E-state index contributed by atoms with van der Waals surface area (Å²) in [5, 5.41) is 8.26. The van der Waals surface area contributed by atoms with Gasteiger partial charge < -0.3 is 19.3 Å². The van der Waals surface area contributed by atoms with Gasteiger partial charge in [-0.05, 0) is 56.9 Å². The van der Waals surface area contributed by atoms with Crippen molar-refractivity contribution in [2.45, 2.75) is 44.1 Å². The van der Waals surface area contributed by atoms with Crippen molar-refractivity contribution in [2.75, 3.05) is 6.61 Å². The van der Waals surface area contributed by atoms with Crippen molar-refractivity contribution in [1.29, 1.82) is 0 Å². The van der Waals surface area contributed by atoms with E-state index in [0.717, 1.165) is 25.7 Å². The molecule has 9 heteroatoms. The summed E-state index contributed by atoms with van der Waals surface area (Å²) in [6.07, 6.45) is 2.59. The van der Waals surface area contributed by atoms with Gasteiger partial charge in [-0.25, -0.2) is 14.4 Å². The predicted octanol–water partition coefficient (Wildman–Crippen LogP) is 3.41. The summed E-state index contributed by atoms with van der Waals surface area (Å²) < 4.78 is 40.3. The highest BCUT2D eigenvalue weighted by atomic mass is 19.3. The molecular weight excluding hydrogens is 354 g/mol. The lowest BCUT2D eigenvalue weighted by Gasteiger charge is -2.23. The first kappa shape index (κ1) is 19.6. The lowest BCUT2D eigenvalue weighted by atomic mass is 10.1. The molecule has 0 heterocycles. The molecule has 1 aromatic rings. The number of ether oxygens (including phenoxy) is 3. The first-order valence-electron chi connectivity index (χ1n) is 7.91. The van der Waals surface area contributed by atoms with Crippen LogP contribution in [0.3, 0.4) is 0 Å². The van der Waals surface area contributed by atoms with Crippen molar-refractivity contribution in [3.05, 3.63) is 29.8 Å². The minimum atomic E-state index is -4.17. The Balaban J connectivity index is 1.88. The number of hydrogen-bond acceptors (Lipinski definition) is 6. The summed E-state index contributed by atoms with van der Waals surface area (Å²) >= 11 is 0. The van der Waals surface area contributed by atoms with Gasteiger partial charge in [0.05, 0.1) is 5.56 Å². The molecule has 1 saturated carbocycles. The van der Waals surface area contributed by atoms with Gasteiger partial charge in [-0.2, -0.15) is 8.78 Å². The second-order valence-electron chi connectivity index (χ2n) is 6.22. The molecule has 1 aromatic carbocycles. The average molecular weight is 372 g/mol. The van der Waals surface area contributed by atoms with Crippen LogP contribution in [-0.4, -0.2) is 41.3 Å². The molecule has 0 aromatic heterocycles. The standard InChI is InChI=1S/C17H18F2O7/c1-16(8-2-3-9-16)26-15(23)25-12-6-4-11(5-7-12)13(20)24-10-17(18,19)14(21)22/h4-7H,2-3,8-10H2,1H3,(H,21,22). The van der Waals surface area contributed by atoms with E-state index in [4.69, 9.17) is 14.6 Å². The zero-order chi connectivity index (χ0) is 19.4. The summed E-state index contributed by atoms with van der Waals surface area (Å²) in [6.45, 7) is 0.248. The fourth-order valence-electron chi connectivity index (χ4n) is 2.50. The maximum Gasteiger partial charge on any atom is 0.514 e. The summed E-state index contributed by atoms with van der Waals surface area (Å²) in [4.78, 5) is 33.7. The van der Waals surface area contributed by atoms with Crippen LogP contribution in [0, 0.1) is 0 Å². The van der Waals surface area contributed by atoms with E-state index in [2.05, 4.69) is 4.74 Å². The highest BCUT2D eigenvalue weighted by Gasteiger charge is 2.40. The van der Waals surface area contributed by atoms with Crippen LogP contribution >= 0.6 is 0 Å². The SMILES string of the molecule is CC1(OC(=O)Oc2ccc(C(=O)OCC(F)(F)C(=O)O)cc2)CCCC1. The Hall–Kier alpha value is -2.71. The van der Waals surface area contributed by atoms with Crippen molar-refractivity contribution < 1.29 is 42.5 Å². The maximum atomic E-state index is 12.9. The quantitative estimate of drug-likeness (QED) is 0.603. The third-order valence-corrected chi connectivity index (χ3v) is 3.98. The number of carboxylic acids is 1. The Morgan fingerprint density at radius 3 is 2.27 bits per heavy atom. The molecule has 0 radical (unpaired) electrons. The zero-order valence-electron chi connectivity index (χ0n) is 14.0. The van der Waals surface area contributed by atoms with E-state index in [-0.39, 0.29) is 11.3 Å². The Bertz CT molecular complexity index is 679. The van der Waals surface area contributed by atoms with Crippen molar-refractivity contribution in [1.82, 2.24) is 0 Å². The van der Waals surface area contributed by atoms with E-state index in [1.165, 1.54) is 24.3 Å². The molecule has 142 valence electrons. The van der Waals surface area contributed by atoms with Crippen LogP contribution in [-0.2, 0) is 14.3 Å².